The number of carbonyl (C=O) groups excluding carboxylic acids is 1. The first-order chi connectivity index (χ1) is 9.13. The van der Waals surface area contributed by atoms with Crippen molar-refractivity contribution in [3.05, 3.63) is 23.8 Å². The third-order valence-electron chi connectivity index (χ3n) is 3.53. The quantitative estimate of drug-likeness (QED) is 0.737. The van der Waals surface area contributed by atoms with E-state index in [0.717, 1.165) is 36.4 Å². The fourth-order valence-corrected chi connectivity index (χ4v) is 2.27. The Morgan fingerprint density at radius 2 is 2.16 bits per heavy atom. The molecule has 0 radical (unpaired) electrons. The summed E-state index contributed by atoms with van der Waals surface area (Å²) in [4.78, 5) is 12.8. The zero-order valence-electron chi connectivity index (χ0n) is 11.8. The summed E-state index contributed by atoms with van der Waals surface area (Å²) in [6, 6.07) is 5.90. The normalized spacial score (nSPS) is 17.6. The molecule has 0 amide bonds. The van der Waals surface area contributed by atoms with Crippen LogP contribution in [-0.4, -0.2) is 44.5 Å². The highest BCUT2D eigenvalue weighted by Crippen LogP contribution is 2.33. The maximum atomic E-state index is 10.6. The number of methoxy groups -OCH3 is 1. The summed E-state index contributed by atoms with van der Waals surface area (Å²) in [5.74, 6) is 1.72. The summed E-state index contributed by atoms with van der Waals surface area (Å²) in [6.07, 6.45) is 1.71. The Labute approximate surface area is 114 Å². The topological polar surface area (TPSA) is 38.8 Å². The second kappa shape index (κ2) is 6.06. The fourth-order valence-electron chi connectivity index (χ4n) is 2.27. The van der Waals surface area contributed by atoms with Crippen LogP contribution < -0.4 is 9.47 Å². The number of hydrogen-bond donors (Lipinski definition) is 0. The molecule has 0 bridgehead atoms. The second-order valence-electron chi connectivity index (χ2n) is 5.17. The molecule has 0 saturated carbocycles. The molecule has 0 aliphatic carbocycles. The number of likely N-dealkylation sites (tertiary alicyclic amines) is 1. The van der Waals surface area contributed by atoms with E-state index in [2.05, 4.69) is 11.9 Å². The van der Waals surface area contributed by atoms with E-state index in [1.165, 1.54) is 0 Å². The van der Waals surface area contributed by atoms with Crippen molar-refractivity contribution in [1.82, 2.24) is 4.90 Å². The highest BCUT2D eigenvalue weighted by Gasteiger charge is 2.26. The van der Waals surface area contributed by atoms with Crippen molar-refractivity contribution in [2.45, 2.75) is 25.4 Å². The molecule has 1 aliphatic heterocycles. The van der Waals surface area contributed by atoms with Crippen LogP contribution in [-0.2, 0) is 4.79 Å². The van der Waals surface area contributed by atoms with Gasteiger partial charge in [-0.2, -0.15) is 0 Å². The van der Waals surface area contributed by atoms with Crippen molar-refractivity contribution < 1.29 is 14.3 Å². The maximum Gasteiger partial charge on any atom is 0.162 e. The van der Waals surface area contributed by atoms with Crippen LogP contribution in [0.1, 0.15) is 24.8 Å². The van der Waals surface area contributed by atoms with Crippen molar-refractivity contribution in [3.8, 4) is 11.5 Å². The van der Waals surface area contributed by atoms with Gasteiger partial charge < -0.3 is 14.3 Å². The van der Waals surface area contributed by atoms with Gasteiger partial charge >= 0.3 is 0 Å². The van der Waals surface area contributed by atoms with Crippen molar-refractivity contribution in [1.29, 1.82) is 0 Å². The van der Waals surface area contributed by atoms with Crippen LogP contribution in [0.15, 0.2) is 18.2 Å². The van der Waals surface area contributed by atoms with Gasteiger partial charge in [-0.05, 0) is 30.7 Å². The van der Waals surface area contributed by atoms with Crippen LogP contribution in [0.2, 0.25) is 0 Å². The Kier molecular flexibility index (Phi) is 4.43. The Morgan fingerprint density at radius 3 is 2.74 bits per heavy atom. The molecule has 0 aromatic heterocycles. The van der Waals surface area contributed by atoms with Crippen LogP contribution in [0.3, 0.4) is 0 Å². The number of aldehydes is 1. The summed E-state index contributed by atoms with van der Waals surface area (Å²) >= 11 is 0. The molecule has 1 saturated heterocycles. The van der Waals surface area contributed by atoms with E-state index in [4.69, 9.17) is 9.47 Å². The van der Waals surface area contributed by atoms with E-state index in [0.29, 0.717) is 6.42 Å². The number of ether oxygens (including phenoxy) is 2. The van der Waals surface area contributed by atoms with E-state index < -0.39 is 0 Å². The van der Waals surface area contributed by atoms with Crippen molar-refractivity contribution in [2.75, 3.05) is 27.2 Å². The number of nitrogens with zero attached hydrogens (tertiary/aromatic N) is 1. The van der Waals surface area contributed by atoms with Gasteiger partial charge in [0.2, 0.25) is 0 Å². The predicted molar refractivity (Wildman–Crippen MR) is 74.0 cm³/mol. The lowest BCUT2D eigenvalue weighted by atomic mass is 9.98. The summed E-state index contributed by atoms with van der Waals surface area (Å²) < 4.78 is 11.3. The van der Waals surface area contributed by atoms with Crippen molar-refractivity contribution in [3.63, 3.8) is 0 Å². The van der Waals surface area contributed by atoms with E-state index in [9.17, 15) is 4.79 Å². The van der Waals surface area contributed by atoms with Crippen molar-refractivity contribution in [2.24, 2.45) is 0 Å². The van der Waals surface area contributed by atoms with Gasteiger partial charge in [-0.1, -0.05) is 13.0 Å². The average molecular weight is 263 g/mol. The van der Waals surface area contributed by atoms with E-state index in [-0.39, 0.29) is 12.0 Å². The van der Waals surface area contributed by atoms with Gasteiger partial charge in [-0.15, -0.1) is 0 Å². The number of likely N-dealkylation sites (N-methyl/N-ethyl adjacent to an activating group) is 1. The van der Waals surface area contributed by atoms with Gasteiger partial charge in [-0.25, -0.2) is 0 Å². The average Bonchev–Trinajstić information content (AvgIpc) is 2.37. The molecule has 1 heterocycles. The molecule has 1 aliphatic rings. The zero-order valence-corrected chi connectivity index (χ0v) is 11.8. The largest absolute Gasteiger partial charge is 0.493 e. The minimum Gasteiger partial charge on any atom is -0.493 e. The number of rotatable bonds is 6. The van der Waals surface area contributed by atoms with Crippen LogP contribution >= 0.6 is 0 Å². The van der Waals surface area contributed by atoms with Crippen molar-refractivity contribution >= 4 is 6.29 Å². The Hall–Kier alpha value is -1.55. The van der Waals surface area contributed by atoms with E-state index in [1.807, 2.05) is 25.1 Å². The molecule has 0 spiro atoms. The lowest BCUT2D eigenvalue weighted by molar-refractivity contribution is -0.108. The first kappa shape index (κ1) is 13.9. The maximum absolute atomic E-state index is 10.6. The lowest BCUT2D eigenvalue weighted by Gasteiger charge is -2.36. The third kappa shape index (κ3) is 3.26. The molecule has 1 unspecified atom stereocenters. The molecule has 1 fully saturated rings. The van der Waals surface area contributed by atoms with Crippen LogP contribution in [0.25, 0.3) is 0 Å². The van der Waals surface area contributed by atoms with Crippen LogP contribution in [0.4, 0.5) is 0 Å². The van der Waals surface area contributed by atoms with Gasteiger partial charge in [0.05, 0.1) is 7.11 Å². The minimum atomic E-state index is 0.204. The highest BCUT2D eigenvalue weighted by atomic mass is 16.5. The summed E-state index contributed by atoms with van der Waals surface area (Å²) in [5.41, 5.74) is 1.11. The fraction of sp³-hybridized carbons (Fsp3) is 0.533. The highest BCUT2D eigenvalue weighted by molar-refractivity contribution is 5.52. The Bertz CT molecular complexity index is 441. The lowest BCUT2D eigenvalue weighted by Crippen LogP contribution is -2.51. The molecule has 1 atom stereocenters. The SMILES string of the molecule is COc1ccc(C(C)CC=O)cc1OC1CN(C)C1. The zero-order chi connectivity index (χ0) is 13.8. The van der Waals surface area contributed by atoms with E-state index in [1.54, 1.807) is 7.11 Å². The molecule has 19 heavy (non-hydrogen) atoms. The van der Waals surface area contributed by atoms with Gasteiger partial charge in [0.25, 0.3) is 0 Å². The van der Waals surface area contributed by atoms with Crippen LogP contribution in [0, 0.1) is 0 Å². The number of benzene rings is 1. The van der Waals surface area contributed by atoms with E-state index >= 15 is 0 Å². The summed E-state index contributed by atoms with van der Waals surface area (Å²) in [6.45, 7) is 3.92. The summed E-state index contributed by atoms with van der Waals surface area (Å²) in [7, 11) is 3.71. The molecule has 2 rings (SSSR count). The predicted octanol–water partition coefficient (Wildman–Crippen LogP) is 2.08. The summed E-state index contributed by atoms with van der Waals surface area (Å²) in [5, 5.41) is 0. The molecule has 4 nitrogen and oxygen atoms in total. The molecule has 1 aromatic carbocycles. The monoisotopic (exact) mass is 263 g/mol. The smallest absolute Gasteiger partial charge is 0.162 e. The Morgan fingerprint density at radius 1 is 1.42 bits per heavy atom. The molecular formula is C15H21NO3. The molecule has 4 heteroatoms. The number of carbonyl (C=O) groups is 1. The third-order valence-corrected chi connectivity index (χ3v) is 3.53. The first-order valence-corrected chi connectivity index (χ1v) is 6.60. The van der Waals surface area contributed by atoms with Gasteiger partial charge in [0.15, 0.2) is 11.5 Å². The minimum absolute atomic E-state index is 0.204. The Balaban J connectivity index is 2.13. The molecule has 1 aromatic rings. The second-order valence-corrected chi connectivity index (χ2v) is 5.17. The van der Waals surface area contributed by atoms with Crippen LogP contribution in [0.5, 0.6) is 11.5 Å². The standard InChI is InChI=1S/C15H21NO3/c1-11(6-7-17)12-4-5-14(18-3)15(8-12)19-13-9-16(2)10-13/h4-5,7-8,11,13H,6,9-10H2,1-3H3. The first-order valence-electron chi connectivity index (χ1n) is 6.60. The van der Waals surface area contributed by atoms with Gasteiger partial charge in [0.1, 0.15) is 12.4 Å². The number of hydrogen-bond acceptors (Lipinski definition) is 4. The molecular weight excluding hydrogens is 242 g/mol. The van der Waals surface area contributed by atoms with Gasteiger partial charge in [-0.3, -0.25) is 4.90 Å². The molecule has 104 valence electrons. The van der Waals surface area contributed by atoms with Gasteiger partial charge in [0, 0.05) is 19.5 Å². The molecule has 0 N–H and O–H groups in total.